The van der Waals surface area contributed by atoms with Crippen molar-refractivity contribution < 1.29 is 8.78 Å². The minimum atomic E-state index is -0.848. The lowest BCUT2D eigenvalue weighted by atomic mass is 10.2. The summed E-state index contributed by atoms with van der Waals surface area (Å²) in [4.78, 5) is 8.55. The normalized spacial score (nSPS) is 10.5. The summed E-state index contributed by atoms with van der Waals surface area (Å²) in [7, 11) is 0. The van der Waals surface area contributed by atoms with Crippen LogP contribution < -0.4 is 10.6 Å². The molecule has 2 rings (SSSR count). The molecule has 0 unspecified atom stereocenters. The minimum absolute atomic E-state index is 0.363. The van der Waals surface area contributed by atoms with Gasteiger partial charge in [0.2, 0.25) is 5.95 Å². The van der Waals surface area contributed by atoms with Crippen molar-refractivity contribution in [3.63, 3.8) is 0 Å². The third-order valence-corrected chi connectivity index (χ3v) is 2.95. The summed E-state index contributed by atoms with van der Waals surface area (Å²) in [6.45, 7) is 5.11. The summed E-state index contributed by atoms with van der Waals surface area (Å²) >= 11 is 0. The second-order valence-electron chi connectivity index (χ2n) is 4.75. The van der Waals surface area contributed by atoms with Crippen LogP contribution in [0.25, 0.3) is 0 Å². The largest absolute Gasteiger partial charge is 0.366 e. The summed E-state index contributed by atoms with van der Waals surface area (Å²) in [5.74, 6) is -0.467. The molecule has 0 radical (unpaired) electrons. The van der Waals surface area contributed by atoms with Crippen LogP contribution in [0.1, 0.15) is 24.5 Å². The number of aryl methyl sites for hydroxylation is 1. The lowest BCUT2D eigenvalue weighted by molar-refractivity contribution is 0.507. The molecule has 4 nitrogen and oxygen atoms in total. The molecule has 112 valence electrons. The molecular weight excluding hydrogens is 274 g/mol. The zero-order valence-corrected chi connectivity index (χ0v) is 12.1. The minimum Gasteiger partial charge on any atom is -0.366 e. The number of benzene rings is 1. The van der Waals surface area contributed by atoms with E-state index in [1.165, 1.54) is 12.1 Å². The van der Waals surface area contributed by atoms with Crippen LogP contribution in [0, 0.1) is 18.6 Å². The summed E-state index contributed by atoms with van der Waals surface area (Å²) in [6.07, 6.45) is 2.70. The van der Waals surface area contributed by atoms with E-state index in [-0.39, 0.29) is 0 Å². The molecule has 0 aliphatic heterocycles. The predicted molar refractivity (Wildman–Crippen MR) is 79.2 cm³/mol. The summed E-state index contributed by atoms with van der Waals surface area (Å²) in [5.41, 5.74) is 1.54. The third-order valence-electron chi connectivity index (χ3n) is 2.95. The Balaban J connectivity index is 2.06. The smallest absolute Gasteiger partial charge is 0.224 e. The molecule has 1 heterocycles. The van der Waals surface area contributed by atoms with Crippen LogP contribution in [0.5, 0.6) is 0 Å². The summed E-state index contributed by atoms with van der Waals surface area (Å²) < 4.78 is 26.0. The molecule has 0 aliphatic rings. The van der Waals surface area contributed by atoms with Gasteiger partial charge in [-0.2, -0.15) is 4.98 Å². The highest BCUT2D eigenvalue weighted by atomic mass is 19.2. The van der Waals surface area contributed by atoms with Crippen LogP contribution in [0.15, 0.2) is 24.4 Å². The molecule has 2 aromatic rings. The van der Waals surface area contributed by atoms with E-state index < -0.39 is 11.6 Å². The van der Waals surface area contributed by atoms with Crippen molar-refractivity contribution >= 4 is 11.8 Å². The fourth-order valence-electron chi connectivity index (χ4n) is 1.78. The van der Waals surface area contributed by atoms with Gasteiger partial charge in [0, 0.05) is 24.8 Å². The van der Waals surface area contributed by atoms with Crippen LogP contribution >= 0.6 is 0 Å². The highest BCUT2D eigenvalue weighted by molar-refractivity contribution is 5.46. The van der Waals surface area contributed by atoms with Gasteiger partial charge in [-0.15, -0.1) is 0 Å². The monoisotopic (exact) mass is 292 g/mol. The average molecular weight is 292 g/mol. The molecule has 6 heteroatoms. The van der Waals surface area contributed by atoms with Gasteiger partial charge in [-0.3, -0.25) is 0 Å². The summed E-state index contributed by atoms with van der Waals surface area (Å²) in [5, 5.41) is 6.22. The maximum atomic E-state index is 13.1. The Labute approximate surface area is 122 Å². The molecule has 0 spiro atoms. The van der Waals surface area contributed by atoms with Crippen LogP contribution in [-0.4, -0.2) is 16.5 Å². The number of nitrogens with one attached hydrogen (secondary N) is 2. The first-order valence-corrected chi connectivity index (χ1v) is 6.85. The second kappa shape index (κ2) is 6.97. The Morgan fingerprint density at radius 2 is 1.95 bits per heavy atom. The van der Waals surface area contributed by atoms with Gasteiger partial charge >= 0.3 is 0 Å². The topological polar surface area (TPSA) is 49.8 Å². The SMILES string of the molecule is CCCNc1ncc(C)c(NCc2ccc(F)c(F)c2)n1. The molecular formula is C15H18F2N4. The Morgan fingerprint density at radius 3 is 2.67 bits per heavy atom. The van der Waals surface area contributed by atoms with E-state index in [1.807, 2.05) is 6.92 Å². The zero-order valence-electron chi connectivity index (χ0n) is 12.1. The number of halogens is 2. The Kier molecular flexibility index (Phi) is 5.03. The third kappa shape index (κ3) is 4.11. The Hall–Kier alpha value is -2.24. The fraction of sp³-hybridized carbons (Fsp3) is 0.333. The molecule has 0 atom stereocenters. The number of anilines is 2. The average Bonchev–Trinajstić information content (AvgIpc) is 2.48. The molecule has 0 saturated carbocycles. The van der Waals surface area contributed by atoms with Gasteiger partial charge in [-0.05, 0) is 31.0 Å². The van der Waals surface area contributed by atoms with Crippen molar-refractivity contribution in [3.05, 3.63) is 47.2 Å². The molecule has 2 N–H and O–H groups in total. The first-order valence-electron chi connectivity index (χ1n) is 6.85. The van der Waals surface area contributed by atoms with E-state index in [4.69, 9.17) is 0 Å². The van der Waals surface area contributed by atoms with E-state index in [0.717, 1.165) is 24.6 Å². The van der Waals surface area contributed by atoms with Gasteiger partial charge in [0.25, 0.3) is 0 Å². The van der Waals surface area contributed by atoms with E-state index in [9.17, 15) is 8.78 Å². The van der Waals surface area contributed by atoms with Gasteiger partial charge in [-0.25, -0.2) is 13.8 Å². The second-order valence-corrected chi connectivity index (χ2v) is 4.75. The van der Waals surface area contributed by atoms with Crippen molar-refractivity contribution in [1.29, 1.82) is 0 Å². The fourth-order valence-corrected chi connectivity index (χ4v) is 1.78. The van der Waals surface area contributed by atoms with Crippen molar-refractivity contribution in [2.75, 3.05) is 17.2 Å². The van der Waals surface area contributed by atoms with E-state index in [0.29, 0.717) is 23.9 Å². The molecule has 0 amide bonds. The first kappa shape index (κ1) is 15.2. The lowest BCUT2D eigenvalue weighted by Gasteiger charge is -2.11. The maximum Gasteiger partial charge on any atom is 0.224 e. The van der Waals surface area contributed by atoms with E-state index in [2.05, 4.69) is 27.5 Å². The zero-order chi connectivity index (χ0) is 15.2. The summed E-state index contributed by atoms with van der Waals surface area (Å²) in [6, 6.07) is 3.83. The molecule has 0 fully saturated rings. The van der Waals surface area contributed by atoms with Crippen LogP contribution in [0.2, 0.25) is 0 Å². The number of hydrogen-bond acceptors (Lipinski definition) is 4. The van der Waals surface area contributed by atoms with Gasteiger partial charge in [-0.1, -0.05) is 13.0 Å². The maximum absolute atomic E-state index is 13.1. The standard InChI is InChI=1S/C15H18F2N4/c1-3-6-18-15-20-8-10(2)14(21-15)19-9-11-4-5-12(16)13(17)7-11/h4-5,7-8H,3,6,9H2,1-2H3,(H2,18,19,20,21). The van der Waals surface area contributed by atoms with Crippen molar-refractivity contribution in [2.24, 2.45) is 0 Å². The number of nitrogens with zero attached hydrogens (tertiary/aromatic N) is 2. The highest BCUT2D eigenvalue weighted by Gasteiger charge is 2.05. The van der Waals surface area contributed by atoms with Crippen molar-refractivity contribution in [2.45, 2.75) is 26.8 Å². The van der Waals surface area contributed by atoms with Crippen molar-refractivity contribution in [1.82, 2.24) is 9.97 Å². The van der Waals surface area contributed by atoms with Crippen LogP contribution in [0.4, 0.5) is 20.5 Å². The van der Waals surface area contributed by atoms with E-state index >= 15 is 0 Å². The number of rotatable bonds is 6. The predicted octanol–water partition coefficient (Wildman–Crippen LogP) is 3.50. The van der Waals surface area contributed by atoms with Gasteiger partial charge in [0.15, 0.2) is 11.6 Å². The quantitative estimate of drug-likeness (QED) is 0.855. The van der Waals surface area contributed by atoms with Crippen molar-refractivity contribution in [3.8, 4) is 0 Å². The molecule has 0 aliphatic carbocycles. The first-order chi connectivity index (χ1) is 10.1. The number of hydrogen-bond donors (Lipinski definition) is 2. The Bertz CT molecular complexity index is 617. The van der Waals surface area contributed by atoms with Crippen LogP contribution in [-0.2, 0) is 6.54 Å². The van der Waals surface area contributed by atoms with Gasteiger partial charge in [0.1, 0.15) is 5.82 Å². The van der Waals surface area contributed by atoms with Gasteiger partial charge < -0.3 is 10.6 Å². The molecule has 0 bridgehead atoms. The van der Waals surface area contributed by atoms with Gasteiger partial charge in [0.05, 0.1) is 0 Å². The van der Waals surface area contributed by atoms with E-state index in [1.54, 1.807) is 6.20 Å². The van der Waals surface area contributed by atoms with Crippen LogP contribution in [0.3, 0.4) is 0 Å². The lowest BCUT2D eigenvalue weighted by Crippen LogP contribution is -2.09. The number of aromatic nitrogens is 2. The Morgan fingerprint density at radius 1 is 1.14 bits per heavy atom. The molecule has 21 heavy (non-hydrogen) atoms. The molecule has 1 aromatic heterocycles. The molecule has 0 saturated heterocycles. The highest BCUT2D eigenvalue weighted by Crippen LogP contribution is 2.15. The molecule has 1 aromatic carbocycles.